The van der Waals surface area contributed by atoms with Gasteiger partial charge >= 0.3 is 5.97 Å². The summed E-state index contributed by atoms with van der Waals surface area (Å²) in [6.07, 6.45) is 6.75. The largest absolute Gasteiger partial charge is 0.425 e. The Morgan fingerprint density at radius 3 is 2.78 bits per heavy atom. The molecular weight excluding hydrogens is 226 g/mol. The summed E-state index contributed by atoms with van der Waals surface area (Å²) < 4.78 is 5.46. The summed E-state index contributed by atoms with van der Waals surface area (Å²) in [5.74, 6) is 0.567. The van der Waals surface area contributed by atoms with Gasteiger partial charge in [-0.1, -0.05) is 6.07 Å². The van der Waals surface area contributed by atoms with Crippen LogP contribution in [0.2, 0.25) is 0 Å². The monoisotopic (exact) mass is 245 g/mol. The minimum Gasteiger partial charge on any atom is -0.425 e. The first kappa shape index (κ1) is 11.7. The van der Waals surface area contributed by atoms with Crippen molar-refractivity contribution in [1.82, 2.24) is 5.32 Å². The Kier molecular flexibility index (Phi) is 3.33. The number of nitrogens with one attached hydrogen (secondary N) is 1. The Bertz CT molecular complexity index is 450. The molecule has 0 aromatic heterocycles. The van der Waals surface area contributed by atoms with Gasteiger partial charge in [-0.2, -0.15) is 0 Å². The van der Waals surface area contributed by atoms with Gasteiger partial charge in [0, 0.05) is 0 Å². The van der Waals surface area contributed by atoms with Gasteiger partial charge in [0.2, 0.25) is 0 Å². The summed E-state index contributed by atoms with van der Waals surface area (Å²) >= 11 is 0. The fraction of sp³-hybridized carbons (Fsp3) is 0.533. The van der Waals surface area contributed by atoms with Gasteiger partial charge < -0.3 is 10.1 Å². The van der Waals surface area contributed by atoms with Crippen LogP contribution in [0.1, 0.15) is 36.8 Å². The second-order valence-corrected chi connectivity index (χ2v) is 5.21. The van der Waals surface area contributed by atoms with Gasteiger partial charge in [-0.05, 0) is 68.3 Å². The molecule has 18 heavy (non-hydrogen) atoms. The van der Waals surface area contributed by atoms with Crippen molar-refractivity contribution >= 4 is 5.97 Å². The molecule has 3 rings (SSSR count). The molecule has 0 amide bonds. The van der Waals surface area contributed by atoms with Crippen molar-refractivity contribution in [3.63, 3.8) is 0 Å². The number of aryl methyl sites for hydroxylation is 2. The van der Waals surface area contributed by atoms with Crippen LogP contribution < -0.4 is 10.1 Å². The van der Waals surface area contributed by atoms with Crippen molar-refractivity contribution in [2.75, 3.05) is 6.54 Å². The summed E-state index contributed by atoms with van der Waals surface area (Å²) in [7, 11) is 0. The van der Waals surface area contributed by atoms with E-state index in [4.69, 9.17) is 4.74 Å². The lowest BCUT2D eigenvalue weighted by Crippen LogP contribution is -2.34. The van der Waals surface area contributed by atoms with Crippen LogP contribution in [-0.2, 0) is 17.6 Å². The van der Waals surface area contributed by atoms with Gasteiger partial charge in [-0.15, -0.1) is 0 Å². The summed E-state index contributed by atoms with van der Waals surface area (Å²) in [4.78, 5) is 11.9. The topological polar surface area (TPSA) is 38.3 Å². The van der Waals surface area contributed by atoms with Gasteiger partial charge in [0.25, 0.3) is 0 Å². The third kappa shape index (κ3) is 2.41. The number of carbonyl (C=O) groups excluding carboxylic acids is 1. The van der Waals surface area contributed by atoms with E-state index in [1.807, 2.05) is 12.1 Å². The second kappa shape index (κ2) is 5.11. The van der Waals surface area contributed by atoms with Crippen LogP contribution in [0, 0.1) is 0 Å². The Morgan fingerprint density at radius 2 is 2.00 bits per heavy atom. The molecule has 1 unspecified atom stereocenters. The van der Waals surface area contributed by atoms with E-state index < -0.39 is 0 Å². The average molecular weight is 245 g/mol. The van der Waals surface area contributed by atoms with Crippen LogP contribution in [0.3, 0.4) is 0 Å². The van der Waals surface area contributed by atoms with E-state index in [1.54, 1.807) is 0 Å². The molecule has 0 radical (unpaired) electrons. The van der Waals surface area contributed by atoms with Crippen LogP contribution >= 0.6 is 0 Å². The minimum atomic E-state index is -0.136. The standard InChI is InChI=1S/C15H19NO2/c17-15(14-6-3-9-16-14)18-13-8-7-11-4-1-2-5-12(11)10-13/h7-8,10,14,16H,1-6,9H2. The van der Waals surface area contributed by atoms with Crippen molar-refractivity contribution in [3.8, 4) is 5.75 Å². The molecule has 1 heterocycles. The maximum absolute atomic E-state index is 11.9. The number of benzene rings is 1. The first-order chi connectivity index (χ1) is 8.83. The first-order valence-corrected chi connectivity index (χ1v) is 6.90. The van der Waals surface area contributed by atoms with Crippen LogP contribution in [0.15, 0.2) is 18.2 Å². The summed E-state index contributed by atoms with van der Waals surface area (Å²) in [6.45, 7) is 0.921. The zero-order valence-corrected chi connectivity index (χ0v) is 10.6. The van der Waals surface area contributed by atoms with Crippen LogP contribution in [0.25, 0.3) is 0 Å². The molecule has 0 spiro atoms. The molecule has 1 aliphatic carbocycles. The molecule has 1 saturated heterocycles. The second-order valence-electron chi connectivity index (χ2n) is 5.21. The van der Waals surface area contributed by atoms with Crippen molar-refractivity contribution < 1.29 is 9.53 Å². The predicted molar refractivity (Wildman–Crippen MR) is 69.7 cm³/mol. The number of rotatable bonds is 2. The van der Waals surface area contributed by atoms with Crippen LogP contribution in [0.4, 0.5) is 0 Å². The van der Waals surface area contributed by atoms with E-state index in [0.717, 1.165) is 32.2 Å². The lowest BCUT2D eigenvalue weighted by atomic mass is 9.92. The van der Waals surface area contributed by atoms with E-state index in [1.165, 1.54) is 24.0 Å². The van der Waals surface area contributed by atoms with Crippen molar-refractivity contribution in [3.05, 3.63) is 29.3 Å². The van der Waals surface area contributed by atoms with Gasteiger partial charge in [0.1, 0.15) is 11.8 Å². The molecule has 2 aliphatic rings. The molecule has 3 heteroatoms. The molecule has 1 aliphatic heterocycles. The first-order valence-electron chi connectivity index (χ1n) is 6.90. The molecule has 1 fully saturated rings. The predicted octanol–water partition coefficient (Wildman–Crippen LogP) is 2.22. The Hall–Kier alpha value is -1.35. The van der Waals surface area contributed by atoms with Crippen molar-refractivity contribution in [2.45, 2.75) is 44.6 Å². The van der Waals surface area contributed by atoms with E-state index in [2.05, 4.69) is 11.4 Å². The number of ether oxygens (including phenoxy) is 1. The van der Waals surface area contributed by atoms with E-state index in [9.17, 15) is 4.79 Å². The summed E-state index contributed by atoms with van der Waals surface area (Å²) in [5, 5.41) is 3.16. The fourth-order valence-corrected chi connectivity index (χ4v) is 2.85. The quantitative estimate of drug-likeness (QED) is 0.641. The third-order valence-corrected chi connectivity index (χ3v) is 3.88. The van der Waals surface area contributed by atoms with Crippen LogP contribution in [-0.4, -0.2) is 18.6 Å². The van der Waals surface area contributed by atoms with Crippen molar-refractivity contribution in [1.29, 1.82) is 0 Å². The molecule has 96 valence electrons. The maximum atomic E-state index is 11.9. The van der Waals surface area contributed by atoms with Crippen molar-refractivity contribution in [2.24, 2.45) is 0 Å². The zero-order valence-electron chi connectivity index (χ0n) is 10.6. The lowest BCUT2D eigenvalue weighted by Gasteiger charge is -2.17. The Morgan fingerprint density at radius 1 is 1.17 bits per heavy atom. The van der Waals surface area contributed by atoms with Gasteiger partial charge in [-0.25, -0.2) is 4.79 Å². The summed E-state index contributed by atoms with van der Waals surface area (Å²) in [6, 6.07) is 5.97. The van der Waals surface area contributed by atoms with Gasteiger partial charge in [0.05, 0.1) is 0 Å². The number of hydrogen-bond donors (Lipinski definition) is 1. The van der Waals surface area contributed by atoms with E-state index in [-0.39, 0.29) is 12.0 Å². The highest BCUT2D eigenvalue weighted by Gasteiger charge is 2.24. The summed E-state index contributed by atoms with van der Waals surface area (Å²) in [5.41, 5.74) is 2.77. The lowest BCUT2D eigenvalue weighted by molar-refractivity contribution is -0.136. The average Bonchev–Trinajstić information content (AvgIpc) is 2.92. The molecule has 1 aromatic rings. The van der Waals surface area contributed by atoms with Gasteiger partial charge in [0.15, 0.2) is 0 Å². The maximum Gasteiger partial charge on any atom is 0.328 e. The third-order valence-electron chi connectivity index (χ3n) is 3.88. The highest BCUT2D eigenvalue weighted by Crippen LogP contribution is 2.25. The minimum absolute atomic E-state index is 0.110. The Labute approximate surface area is 108 Å². The normalized spacial score (nSPS) is 22.6. The molecule has 3 nitrogen and oxygen atoms in total. The number of carbonyl (C=O) groups is 1. The highest BCUT2D eigenvalue weighted by molar-refractivity contribution is 5.78. The molecule has 0 bridgehead atoms. The van der Waals surface area contributed by atoms with E-state index in [0.29, 0.717) is 5.75 Å². The number of esters is 1. The highest BCUT2D eigenvalue weighted by atomic mass is 16.5. The number of fused-ring (bicyclic) bond motifs is 1. The molecule has 1 atom stereocenters. The van der Waals surface area contributed by atoms with E-state index >= 15 is 0 Å². The molecular formula is C15H19NO2. The molecule has 1 N–H and O–H groups in total. The molecule has 0 saturated carbocycles. The smallest absolute Gasteiger partial charge is 0.328 e. The molecule has 1 aromatic carbocycles. The van der Waals surface area contributed by atoms with Crippen LogP contribution in [0.5, 0.6) is 5.75 Å². The van der Waals surface area contributed by atoms with Gasteiger partial charge in [-0.3, -0.25) is 0 Å². The fourth-order valence-electron chi connectivity index (χ4n) is 2.85. The Balaban J connectivity index is 1.70. The SMILES string of the molecule is O=C(Oc1ccc2c(c1)CCCC2)C1CCCN1. The number of hydrogen-bond acceptors (Lipinski definition) is 3. The zero-order chi connectivity index (χ0) is 12.4.